The zero-order valence-electron chi connectivity index (χ0n) is 12.7. The zero-order chi connectivity index (χ0) is 14.4. The van der Waals surface area contributed by atoms with Crippen molar-refractivity contribution in [3.63, 3.8) is 0 Å². The predicted octanol–water partition coefficient (Wildman–Crippen LogP) is 3.92. The molecule has 20 heavy (non-hydrogen) atoms. The predicted molar refractivity (Wildman–Crippen MR) is 88.2 cm³/mol. The van der Waals surface area contributed by atoms with Crippen LogP contribution in [0.2, 0.25) is 0 Å². The van der Waals surface area contributed by atoms with Crippen LogP contribution in [0.5, 0.6) is 0 Å². The SMILES string of the molecule is CCCNCc1cccc(-c2ccc(N(C)C)cc2)c1. The third-order valence-electron chi connectivity index (χ3n) is 3.40. The van der Waals surface area contributed by atoms with Crippen LogP contribution >= 0.6 is 0 Å². The molecule has 2 aromatic rings. The van der Waals surface area contributed by atoms with E-state index in [2.05, 4.69) is 79.8 Å². The molecule has 0 unspecified atom stereocenters. The molecule has 0 aliphatic heterocycles. The lowest BCUT2D eigenvalue weighted by Gasteiger charge is -2.13. The van der Waals surface area contributed by atoms with Crippen LogP contribution in [0.15, 0.2) is 48.5 Å². The van der Waals surface area contributed by atoms with Gasteiger partial charge in [-0.3, -0.25) is 0 Å². The Morgan fingerprint density at radius 1 is 0.950 bits per heavy atom. The van der Waals surface area contributed by atoms with Crippen molar-refractivity contribution < 1.29 is 0 Å². The lowest BCUT2D eigenvalue weighted by atomic mass is 10.0. The summed E-state index contributed by atoms with van der Waals surface area (Å²) in [7, 11) is 4.13. The number of anilines is 1. The lowest BCUT2D eigenvalue weighted by Crippen LogP contribution is -2.13. The summed E-state index contributed by atoms with van der Waals surface area (Å²) in [6.07, 6.45) is 1.17. The summed E-state index contributed by atoms with van der Waals surface area (Å²) in [5.74, 6) is 0. The van der Waals surface area contributed by atoms with Crippen molar-refractivity contribution >= 4 is 5.69 Å². The largest absolute Gasteiger partial charge is 0.378 e. The highest BCUT2D eigenvalue weighted by Gasteiger charge is 2.01. The van der Waals surface area contributed by atoms with E-state index >= 15 is 0 Å². The fourth-order valence-corrected chi connectivity index (χ4v) is 2.22. The van der Waals surface area contributed by atoms with E-state index in [9.17, 15) is 0 Å². The van der Waals surface area contributed by atoms with Crippen LogP contribution in [-0.4, -0.2) is 20.6 Å². The van der Waals surface area contributed by atoms with Crippen molar-refractivity contribution in [2.75, 3.05) is 25.5 Å². The lowest BCUT2D eigenvalue weighted by molar-refractivity contribution is 0.675. The van der Waals surface area contributed by atoms with E-state index in [-0.39, 0.29) is 0 Å². The highest BCUT2D eigenvalue weighted by Crippen LogP contribution is 2.23. The molecule has 0 amide bonds. The van der Waals surface area contributed by atoms with Gasteiger partial charge in [-0.15, -0.1) is 0 Å². The van der Waals surface area contributed by atoms with Crippen LogP contribution in [0.25, 0.3) is 11.1 Å². The van der Waals surface area contributed by atoms with Gasteiger partial charge in [0.25, 0.3) is 0 Å². The first-order valence-corrected chi connectivity index (χ1v) is 7.28. The van der Waals surface area contributed by atoms with E-state index in [4.69, 9.17) is 0 Å². The van der Waals surface area contributed by atoms with Gasteiger partial charge < -0.3 is 10.2 Å². The fraction of sp³-hybridized carbons (Fsp3) is 0.333. The quantitative estimate of drug-likeness (QED) is 0.799. The van der Waals surface area contributed by atoms with Crippen molar-refractivity contribution in [2.24, 2.45) is 0 Å². The Bertz CT molecular complexity index is 529. The zero-order valence-corrected chi connectivity index (χ0v) is 12.7. The van der Waals surface area contributed by atoms with E-state index in [1.807, 2.05) is 0 Å². The highest BCUT2D eigenvalue weighted by molar-refractivity contribution is 5.66. The number of benzene rings is 2. The maximum absolute atomic E-state index is 3.45. The maximum Gasteiger partial charge on any atom is 0.0361 e. The van der Waals surface area contributed by atoms with Crippen LogP contribution < -0.4 is 10.2 Å². The molecule has 0 saturated carbocycles. The van der Waals surface area contributed by atoms with Gasteiger partial charge in [-0.25, -0.2) is 0 Å². The number of hydrogen-bond donors (Lipinski definition) is 1. The minimum atomic E-state index is 0.942. The van der Waals surface area contributed by atoms with Gasteiger partial charge in [0.15, 0.2) is 0 Å². The van der Waals surface area contributed by atoms with Gasteiger partial charge >= 0.3 is 0 Å². The number of nitrogens with zero attached hydrogens (tertiary/aromatic N) is 1. The summed E-state index contributed by atoms with van der Waals surface area (Å²) < 4.78 is 0. The van der Waals surface area contributed by atoms with E-state index in [1.165, 1.54) is 28.8 Å². The normalized spacial score (nSPS) is 10.6. The third kappa shape index (κ3) is 3.84. The molecule has 2 aromatic carbocycles. The summed E-state index contributed by atoms with van der Waals surface area (Å²) in [6.45, 7) is 4.20. The van der Waals surface area contributed by atoms with Crippen LogP contribution in [-0.2, 0) is 6.54 Å². The second-order valence-electron chi connectivity index (χ2n) is 5.32. The summed E-state index contributed by atoms with van der Waals surface area (Å²) in [4.78, 5) is 2.12. The highest BCUT2D eigenvalue weighted by atomic mass is 15.1. The molecule has 0 bridgehead atoms. The molecular weight excluding hydrogens is 244 g/mol. The van der Waals surface area contributed by atoms with Crippen LogP contribution in [0, 0.1) is 0 Å². The molecule has 0 radical (unpaired) electrons. The Morgan fingerprint density at radius 3 is 2.35 bits per heavy atom. The Balaban J connectivity index is 2.13. The molecule has 0 atom stereocenters. The summed E-state index contributed by atoms with van der Waals surface area (Å²) in [5, 5.41) is 3.45. The first-order valence-electron chi connectivity index (χ1n) is 7.28. The molecule has 2 rings (SSSR count). The molecule has 0 aliphatic carbocycles. The van der Waals surface area contributed by atoms with Gasteiger partial charge in [-0.1, -0.05) is 37.3 Å². The van der Waals surface area contributed by atoms with E-state index < -0.39 is 0 Å². The van der Waals surface area contributed by atoms with Gasteiger partial charge in [-0.2, -0.15) is 0 Å². The van der Waals surface area contributed by atoms with Crippen molar-refractivity contribution in [2.45, 2.75) is 19.9 Å². The molecule has 0 heterocycles. The van der Waals surface area contributed by atoms with Crippen molar-refractivity contribution in [3.8, 4) is 11.1 Å². The second kappa shape index (κ2) is 7.11. The standard InChI is InChI=1S/C18H24N2/c1-4-12-19-14-15-6-5-7-17(13-15)16-8-10-18(11-9-16)20(2)3/h5-11,13,19H,4,12,14H2,1-3H3. The van der Waals surface area contributed by atoms with Crippen LogP contribution in [0.3, 0.4) is 0 Å². The molecule has 0 spiro atoms. The van der Waals surface area contributed by atoms with Gasteiger partial charge in [-0.05, 0) is 47.9 Å². The van der Waals surface area contributed by atoms with Gasteiger partial charge in [0, 0.05) is 26.3 Å². The molecule has 0 aromatic heterocycles. The minimum Gasteiger partial charge on any atom is -0.378 e. The smallest absolute Gasteiger partial charge is 0.0361 e. The number of rotatable bonds is 6. The Hall–Kier alpha value is -1.80. The fourth-order valence-electron chi connectivity index (χ4n) is 2.22. The summed E-state index contributed by atoms with van der Waals surface area (Å²) in [5.41, 5.74) is 5.13. The summed E-state index contributed by atoms with van der Waals surface area (Å²) >= 11 is 0. The third-order valence-corrected chi connectivity index (χ3v) is 3.40. The van der Waals surface area contributed by atoms with E-state index in [0.29, 0.717) is 0 Å². The van der Waals surface area contributed by atoms with Crippen molar-refractivity contribution in [1.82, 2.24) is 5.32 Å². The number of nitrogens with one attached hydrogen (secondary N) is 1. The second-order valence-corrected chi connectivity index (χ2v) is 5.32. The monoisotopic (exact) mass is 268 g/mol. The maximum atomic E-state index is 3.45. The van der Waals surface area contributed by atoms with E-state index in [1.54, 1.807) is 0 Å². The number of hydrogen-bond acceptors (Lipinski definition) is 2. The Labute approximate surface area is 122 Å². The molecule has 2 heteroatoms. The molecular formula is C18H24N2. The van der Waals surface area contributed by atoms with Gasteiger partial charge in [0.05, 0.1) is 0 Å². The van der Waals surface area contributed by atoms with Gasteiger partial charge in [0.1, 0.15) is 0 Å². The first-order chi connectivity index (χ1) is 9.70. The average Bonchev–Trinajstić information content (AvgIpc) is 2.48. The molecule has 1 N–H and O–H groups in total. The molecule has 106 valence electrons. The van der Waals surface area contributed by atoms with Crippen molar-refractivity contribution in [3.05, 3.63) is 54.1 Å². The molecule has 2 nitrogen and oxygen atoms in total. The van der Waals surface area contributed by atoms with Gasteiger partial charge in [0.2, 0.25) is 0 Å². The molecule has 0 saturated heterocycles. The molecule has 0 fully saturated rings. The van der Waals surface area contributed by atoms with E-state index in [0.717, 1.165) is 13.1 Å². The summed E-state index contributed by atoms with van der Waals surface area (Å²) in [6, 6.07) is 17.5. The van der Waals surface area contributed by atoms with Crippen LogP contribution in [0.4, 0.5) is 5.69 Å². The topological polar surface area (TPSA) is 15.3 Å². The van der Waals surface area contributed by atoms with Crippen LogP contribution in [0.1, 0.15) is 18.9 Å². The van der Waals surface area contributed by atoms with Crippen molar-refractivity contribution in [1.29, 1.82) is 0 Å². The molecule has 0 aliphatic rings. The Morgan fingerprint density at radius 2 is 1.70 bits per heavy atom. The first kappa shape index (κ1) is 14.6. The Kier molecular flexibility index (Phi) is 5.19. The minimum absolute atomic E-state index is 0.942. The average molecular weight is 268 g/mol.